The zero-order chi connectivity index (χ0) is 16.9. The van der Waals surface area contributed by atoms with Crippen LogP contribution in [0.15, 0.2) is 24.3 Å². The SMILES string of the molecule is CCc1ccc(NC(=O)Nc2nnc(N3CCCC[C@H]3C)s2)cc1. The van der Waals surface area contributed by atoms with Crippen LogP contribution in [0.4, 0.5) is 20.7 Å². The molecule has 1 aliphatic rings. The van der Waals surface area contributed by atoms with Gasteiger partial charge in [-0.2, -0.15) is 0 Å². The van der Waals surface area contributed by atoms with Crippen molar-refractivity contribution in [1.82, 2.24) is 10.2 Å². The number of hydrogen-bond donors (Lipinski definition) is 2. The Kier molecular flexibility index (Phi) is 5.30. The number of amides is 2. The summed E-state index contributed by atoms with van der Waals surface area (Å²) in [6.45, 7) is 5.32. The first-order valence-electron chi connectivity index (χ1n) is 8.43. The number of nitrogens with zero attached hydrogens (tertiary/aromatic N) is 3. The summed E-state index contributed by atoms with van der Waals surface area (Å²) in [5, 5.41) is 15.3. The van der Waals surface area contributed by atoms with E-state index in [-0.39, 0.29) is 6.03 Å². The molecule has 1 aliphatic heterocycles. The van der Waals surface area contributed by atoms with Crippen LogP contribution in [-0.2, 0) is 6.42 Å². The monoisotopic (exact) mass is 345 g/mol. The maximum Gasteiger partial charge on any atom is 0.325 e. The number of carbonyl (C=O) groups excluding carboxylic acids is 1. The second-order valence-corrected chi connectivity index (χ2v) is 7.01. The first-order valence-corrected chi connectivity index (χ1v) is 9.24. The van der Waals surface area contributed by atoms with Crippen LogP contribution in [-0.4, -0.2) is 28.8 Å². The zero-order valence-corrected chi connectivity index (χ0v) is 14.9. The lowest BCUT2D eigenvalue weighted by Crippen LogP contribution is -2.37. The van der Waals surface area contributed by atoms with E-state index in [1.165, 1.54) is 36.2 Å². The number of nitrogens with one attached hydrogen (secondary N) is 2. The predicted octanol–water partition coefficient (Wildman–Crippen LogP) is 4.12. The topological polar surface area (TPSA) is 70.1 Å². The van der Waals surface area contributed by atoms with Crippen LogP contribution in [0.3, 0.4) is 0 Å². The van der Waals surface area contributed by atoms with Crippen LogP contribution in [0.5, 0.6) is 0 Å². The van der Waals surface area contributed by atoms with Crippen molar-refractivity contribution in [2.24, 2.45) is 0 Å². The first kappa shape index (κ1) is 16.7. The highest BCUT2D eigenvalue weighted by Crippen LogP contribution is 2.29. The summed E-state index contributed by atoms with van der Waals surface area (Å²) in [4.78, 5) is 14.4. The fourth-order valence-corrected chi connectivity index (χ4v) is 3.72. The van der Waals surface area contributed by atoms with Gasteiger partial charge in [0.25, 0.3) is 0 Å². The third-order valence-electron chi connectivity index (χ3n) is 4.30. The van der Waals surface area contributed by atoms with Gasteiger partial charge in [0, 0.05) is 18.3 Å². The van der Waals surface area contributed by atoms with Crippen LogP contribution in [0.1, 0.15) is 38.7 Å². The lowest BCUT2D eigenvalue weighted by atomic mass is 10.1. The number of hydrogen-bond acceptors (Lipinski definition) is 5. The fourth-order valence-electron chi connectivity index (χ4n) is 2.85. The Morgan fingerprint density at radius 1 is 1.25 bits per heavy atom. The molecule has 0 radical (unpaired) electrons. The van der Waals surface area contributed by atoms with E-state index < -0.39 is 0 Å². The van der Waals surface area contributed by atoms with Crippen LogP contribution in [0.25, 0.3) is 0 Å². The molecule has 2 aromatic rings. The summed E-state index contributed by atoms with van der Waals surface area (Å²) < 4.78 is 0. The molecule has 1 fully saturated rings. The normalized spacial score (nSPS) is 17.6. The van der Waals surface area contributed by atoms with Gasteiger partial charge in [0.1, 0.15) is 0 Å². The van der Waals surface area contributed by atoms with Crippen molar-refractivity contribution in [2.45, 2.75) is 45.6 Å². The Morgan fingerprint density at radius 3 is 2.75 bits per heavy atom. The van der Waals surface area contributed by atoms with Crippen LogP contribution in [0.2, 0.25) is 0 Å². The Morgan fingerprint density at radius 2 is 2.04 bits per heavy atom. The van der Waals surface area contributed by atoms with Crippen molar-refractivity contribution in [1.29, 1.82) is 0 Å². The van der Waals surface area contributed by atoms with Crippen LogP contribution in [0, 0.1) is 0 Å². The second-order valence-electron chi connectivity index (χ2n) is 6.06. The molecule has 128 valence electrons. The van der Waals surface area contributed by atoms with E-state index in [0.717, 1.165) is 23.8 Å². The Balaban J connectivity index is 1.58. The number of urea groups is 1. The van der Waals surface area contributed by atoms with Crippen molar-refractivity contribution in [3.05, 3.63) is 29.8 Å². The molecule has 7 heteroatoms. The third-order valence-corrected chi connectivity index (χ3v) is 5.18. The second kappa shape index (κ2) is 7.61. The molecule has 1 atom stereocenters. The fraction of sp³-hybridized carbons (Fsp3) is 0.471. The molecule has 3 rings (SSSR count). The maximum absolute atomic E-state index is 12.1. The van der Waals surface area contributed by atoms with Crippen molar-refractivity contribution in [2.75, 3.05) is 22.1 Å². The minimum Gasteiger partial charge on any atom is -0.344 e. The van der Waals surface area contributed by atoms with Gasteiger partial charge in [0.15, 0.2) is 0 Å². The molecule has 2 N–H and O–H groups in total. The smallest absolute Gasteiger partial charge is 0.325 e. The number of carbonyl (C=O) groups is 1. The molecule has 0 aliphatic carbocycles. The zero-order valence-electron chi connectivity index (χ0n) is 14.1. The molecule has 2 heterocycles. The van der Waals surface area contributed by atoms with E-state index in [1.807, 2.05) is 24.3 Å². The molecule has 0 saturated carbocycles. The number of piperidine rings is 1. The molecule has 24 heavy (non-hydrogen) atoms. The first-order chi connectivity index (χ1) is 11.7. The highest BCUT2D eigenvalue weighted by Gasteiger charge is 2.22. The predicted molar refractivity (Wildman–Crippen MR) is 99.0 cm³/mol. The Bertz CT molecular complexity index is 685. The maximum atomic E-state index is 12.1. The lowest BCUT2D eigenvalue weighted by Gasteiger charge is -2.32. The van der Waals surface area contributed by atoms with Crippen LogP contribution >= 0.6 is 11.3 Å². The van der Waals surface area contributed by atoms with Crippen molar-refractivity contribution in [3.63, 3.8) is 0 Å². The third kappa shape index (κ3) is 4.03. The molecule has 0 bridgehead atoms. The summed E-state index contributed by atoms with van der Waals surface area (Å²) in [6.07, 6.45) is 4.60. The van der Waals surface area contributed by atoms with Gasteiger partial charge in [-0.1, -0.05) is 30.4 Å². The van der Waals surface area contributed by atoms with Crippen molar-refractivity contribution >= 4 is 33.3 Å². The molecular weight excluding hydrogens is 322 g/mol. The molecular formula is C17H23N5OS. The average Bonchev–Trinajstić information content (AvgIpc) is 3.04. The minimum absolute atomic E-state index is 0.298. The van der Waals surface area contributed by atoms with Gasteiger partial charge in [-0.25, -0.2) is 4.79 Å². The number of anilines is 3. The number of benzene rings is 1. The molecule has 0 spiro atoms. The number of aromatic nitrogens is 2. The summed E-state index contributed by atoms with van der Waals surface area (Å²) in [5.74, 6) is 0. The molecule has 2 amide bonds. The van der Waals surface area contributed by atoms with Gasteiger partial charge < -0.3 is 10.2 Å². The van der Waals surface area contributed by atoms with E-state index in [4.69, 9.17) is 0 Å². The van der Waals surface area contributed by atoms with Gasteiger partial charge >= 0.3 is 6.03 Å². The molecule has 1 aromatic carbocycles. The lowest BCUT2D eigenvalue weighted by molar-refractivity contribution is 0.262. The summed E-state index contributed by atoms with van der Waals surface area (Å²) in [5.41, 5.74) is 2.00. The quantitative estimate of drug-likeness (QED) is 0.874. The van der Waals surface area contributed by atoms with Gasteiger partial charge in [-0.05, 0) is 50.3 Å². The van der Waals surface area contributed by atoms with Crippen LogP contribution < -0.4 is 15.5 Å². The van der Waals surface area contributed by atoms with Gasteiger partial charge in [0.2, 0.25) is 10.3 Å². The summed E-state index contributed by atoms with van der Waals surface area (Å²) >= 11 is 1.42. The van der Waals surface area contributed by atoms with E-state index >= 15 is 0 Å². The average molecular weight is 345 g/mol. The Hall–Kier alpha value is -2.15. The molecule has 6 nitrogen and oxygen atoms in total. The minimum atomic E-state index is -0.298. The van der Waals surface area contributed by atoms with Gasteiger partial charge in [-0.3, -0.25) is 5.32 Å². The largest absolute Gasteiger partial charge is 0.344 e. The number of aryl methyl sites for hydroxylation is 1. The summed E-state index contributed by atoms with van der Waals surface area (Å²) in [6, 6.07) is 8.00. The highest BCUT2D eigenvalue weighted by atomic mass is 32.1. The summed E-state index contributed by atoms with van der Waals surface area (Å²) in [7, 11) is 0. The van der Waals surface area contributed by atoms with E-state index in [0.29, 0.717) is 11.2 Å². The van der Waals surface area contributed by atoms with E-state index in [1.54, 1.807) is 0 Å². The Labute approximate surface area is 146 Å². The van der Waals surface area contributed by atoms with Crippen molar-refractivity contribution < 1.29 is 4.79 Å². The van der Waals surface area contributed by atoms with E-state index in [2.05, 4.69) is 39.6 Å². The van der Waals surface area contributed by atoms with Crippen molar-refractivity contribution in [3.8, 4) is 0 Å². The van der Waals surface area contributed by atoms with Gasteiger partial charge in [-0.15, -0.1) is 10.2 Å². The highest BCUT2D eigenvalue weighted by molar-refractivity contribution is 7.19. The standard InChI is InChI=1S/C17H23N5OS/c1-3-13-7-9-14(10-8-13)18-15(23)19-16-20-21-17(24-16)22-11-5-4-6-12(22)2/h7-10,12H,3-6,11H2,1-2H3,(H2,18,19,20,23)/t12-/m1/s1. The molecule has 0 unspecified atom stereocenters. The van der Waals surface area contributed by atoms with Gasteiger partial charge in [0.05, 0.1) is 0 Å². The molecule has 1 saturated heterocycles. The van der Waals surface area contributed by atoms with E-state index in [9.17, 15) is 4.79 Å². The molecule has 1 aromatic heterocycles. The number of rotatable bonds is 4.